The van der Waals surface area contributed by atoms with Gasteiger partial charge >= 0.3 is 5.97 Å². The summed E-state index contributed by atoms with van der Waals surface area (Å²) in [6.45, 7) is 10.4. The summed E-state index contributed by atoms with van der Waals surface area (Å²) >= 11 is 0. The van der Waals surface area contributed by atoms with Crippen LogP contribution in [-0.4, -0.2) is 97.0 Å². The van der Waals surface area contributed by atoms with Crippen LogP contribution >= 0.6 is 0 Å². The highest BCUT2D eigenvalue weighted by molar-refractivity contribution is 5.75. The van der Waals surface area contributed by atoms with Crippen molar-refractivity contribution in [3.05, 3.63) is 95.6 Å². The molecule has 0 spiro atoms. The molecular weight excluding hydrogens is 608 g/mol. The van der Waals surface area contributed by atoms with Crippen molar-refractivity contribution < 1.29 is 14.3 Å². The second-order valence-corrected chi connectivity index (χ2v) is 12.4. The molecule has 13 heteroatoms. The van der Waals surface area contributed by atoms with Crippen molar-refractivity contribution in [2.24, 2.45) is 5.73 Å². The number of esters is 1. The molecule has 1 amide bonds. The highest BCUT2D eigenvalue weighted by atomic mass is 16.5. The second kappa shape index (κ2) is 19.4. The Morgan fingerprint density at radius 1 is 0.750 bits per heavy atom. The predicted molar refractivity (Wildman–Crippen MR) is 183 cm³/mol. The molecule has 6 rings (SSSR count). The van der Waals surface area contributed by atoms with Gasteiger partial charge in [0.1, 0.15) is 13.1 Å². The van der Waals surface area contributed by atoms with Crippen molar-refractivity contribution in [1.29, 1.82) is 0 Å². The number of nitrogens with one attached hydrogen (secondary N) is 1. The number of methoxy groups -OCH3 is 1. The summed E-state index contributed by atoms with van der Waals surface area (Å²) in [5, 5.41) is 18.3. The van der Waals surface area contributed by atoms with E-state index < -0.39 is 0 Å². The van der Waals surface area contributed by atoms with Crippen LogP contribution in [0.1, 0.15) is 48.2 Å². The standard InChI is InChI=1S/C17H23N5O.C12H18N2.C6H9N3O2/c1-14-11-22(20-19-14)13-17(23)18-16-7-9-21(10-8-16)12-15-5-3-2-4-6-15;13-12-6-8-14(9-7-12)10-11-4-2-1-3-5-11;1-5-3-9(8-7-5)4-6(10)11-2/h2-6,11,16H,7-10,12-13H2,1H3,(H,18,23);1-5,12H,6-10,13H2;3H,4H2,1-2H3. The Labute approximate surface area is 283 Å². The van der Waals surface area contributed by atoms with Gasteiger partial charge in [0.25, 0.3) is 0 Å². The van der Waals surface area contributed by atoms with Gasteiger partial charge in [-0.1, -0.05) is 71.1 Å². The Balaban J connectivity index is 0.000000177. The van der Waals surface area contributed by atoms with E-state index in [1.165, 1.54) is 22.9 Å². The van der Waals surface area contributed by atoms with Crippen LogP contribution in [0, 0.1) is 13.8 Å². The Hall–Kier alpha value is -4.46. The van der Waals surface area contributed by atoms with E-state index >= 15 is 0 Å². The van der Waals surface area contributed by atoms with Crippen LogP contribution in [0.3, 0.4) is 0 Å². The molecule has 0 saturated carbocycles. The average Bonchev–Trinajstić information content (AvgIpc) is 3.70. The number of nitrogens with zero attached hydrogens (tertiary/aromatic N) is 8. The minimum absolute atomic E-state index is 0.0106. The molecule has 0 bridgehead atoms. The van der Waals surface area contributed by atoms with Crippen molar-refractivity contribution in [3.8, 4) is 0 Å². The number of hydrogen-bond donors (Lipinski definition) is 2. The van der Waals surface area contributed by atoms with Crippen LogP contribution in [0.2, 0.25) is 0 Å². The topological polar surface area (TPSA) is 149 Å². The molecule has 0 radical (unpaired) electrons. The largest absolute Gasteiger partial charge is 0.468 e. The Kier molecular flexibility index (Phi) is 14.7. The quantitative estimate of drug-likeness (QED) is 0.257. The van der Waals surface area contributed by atoms with Gasteiger partial charge < -0.3 is 15.8 Å². The minimum atomic E-state index is -0.324. The van der Waals surface area contributed by atoms with Gasteiger partial charge in [0.05, 0.1) is 18.5 Å². The number of benzene rings is 2. The van der Waals surface area contributed by atoms with E-state index in [9.17, 15) is 9.59 Å². The lowest BCUT2D eigenvalue weighted by molar-refractivity contribution is -0.141. The summed E-state index contributed by atoms with van der Waals surface area (Å²) in [5.74, 6) is -0.314. The smallest absolute Gasteiger partial charge is 0.327 e. The summed E-state index contributed by atoms with van der Waals surface area (Å²) < 4.78 is 7.45. The maximum Gasteiger partial charge on any atom is 0.327 e. The fourth-order valence-corrected chi connectivity index (χ4v) is 5.59. The molecule has 0 atom stereocenters. The lowest BCUT2D eigenvalue weighted by Gasteiger charge is -2.32. The number of nitrogens with two attached hydrogens (primary N) is 1. The first-order valence-corrected chi connectivity index (χ1v) is 16.6. The first-order chi connectivity index (χ1) is 23.2. The van der Waals surface area contributed by atoms with Crippen molar-refractivity contribution in [2.45, 2.75) is 77.8 Å². The number of aromatic nitrogens is 6. The van der Waals surface area contributed by atoms with Gasteiger partial charge in [-0.15, -0.1) is 10.2 Å². The first kappa shape index (κ1) is 36.4. The van der Waals surface area contributed by atoms with Crippen LogP contribution in [-0.2, 0) is 40.5 Å². The lowest BCUT2D eigenvalue weighted by Crippen LogP contribution is -2.45. The SMILES string of the molecule is COC(=O)Cn1cc(C)nn1.Cc1cn(CC(=O)NC2CCN(Cc3ccccc3)CC2)nn1.NC1CCN(Cc2ccccc2)CC1. The van der Waals surface area contributed by atoms with Crippen LogP contribution in [0.4, 0.5) is 0 Å². The third-order valence-corrected chi connectivity index (χ3v) is 8.21. The molecule has 13 nitrogen and oxygen atoms in total. The number of ether oxygens (including phenoxy) is 1. The Morgan fingerprint density at radius 2 is 1.21 bits per heavy atom. The lowest BCUT2D eigenvalue weighted by atomic mass is 10.0. The molecule has 2 saturated heterocycles. The zero-order valence-electron chi connectivity index (χ0n) is 28.4. The molecule has 2 aromatic heterocycles. The molecule has 2 aliphatic rings. The van der Waals surface area contributed by atoms with Gasteiger partial charge in [-0.25, -0.2) is 9.36 Å². The molecule has 2 aliphatic heterocycles. The monoisotopic (exact) mass is 658 g/mol. The summed E-state index contributed by atoms with van der Waals surface area (Å²) in [6, 6.07) is 21.9. The van der Waals surface area contributed by atoms with Crippen LogP contribution in [0.25, 0.3) is 0 Å². The number of aryl methyl sites for hydroxylation is 2. The predicted octanol–water partition coefficient (Wildman–Crippen LogP) is 2.74. The van der Waals surface area contributed by atoms with Crippen molar-refractivity contribution in [1.82, 2.24) is 45.1 Å². The van der Waals surface area contributed by atoms with Gasteiger partial charge in [-0.2, -0.15) is 0 Å². The maximum absolute atomic E-state index is 12.0. The van der Waals surface area contributed by atoms with Crippen molar-refractivity contribution >= 4 is 11.9 Å². The third kappa shape index (κ3) is 13.3. The van der Waals surface area contributed by atoms with Gasteiger partial charge in [0.2, 0.25) is 5.91 Å². The molecule has 0 aliphatic carbocycles. The fraction of sp³-hybridized carbons (Fsp3) is 0.486. The summed E-state index contributed by atoms with van der Waals surface area (Å²) in [5.41, 5.74) is 10.2. The zero-order valence-corrected chi connectivity index (χ0v) is 28.4. The van der Waals surface area contributed by atoms with Gasteiger partial charge in [-0.3, -0.25) is 19.4 Å². The van der Waals surface area contributed by atoms with Crippen LogP contribution < -0.4 is 11.1 Å². The number of likely N-dealkylation sites (tertiary alicyclic amines) is 2. The van der Waals surface area contributed by atoms with Crippen molar-refractivity contribution in [2.75, 3.05) is 33.3 Å². The van der Waals surface area contributed by atoms with E-state index in [1.807, 2.05) is 13.0 Å². The number of carbonyl (C=O) groups is 2. The number of hydrogen-bond acceptors (Lipinski definition) is 10. The van der Waals surface area contributed by atoms with Crippen LogP contribution in [0.5, 0.6) is 0 Å². The Bertz CT molecular complexity index is 1500. The average molecular weight is 659 g/mol. The van der Waals surface area contributed by atoms with E-state index in [4.69, 9.17) is 5.73 Å². The molecule has 48 heavy (non-hydrogen) atoms. The summed E-state index contributed by atoms with van der Waals surface area (Å²) in [7, 11) is 1.34. The molecule has 2 fully saturated rings. The number of amides is 1. The van der Waals surface area contributed by atoms with Gasteiger partial charge in [0.15, 0.2) is 0 Å². The third-order valence-electron chi connectivity index (χ3n) is 8.21. The molecule has 258 valence electrons. The molecule has 4 aromatic rings. The number of piperidine rings is 2. The molecular formula is C35H50N10O3. The fourth-order valence-electron chi connectivity index (χ4n) is 5.59. The summed E-state index contributed by atoms with van der Waals surface area (Å²) in [6.07, 6.45) is 7.74. The minimum Gasteiger partial charge on any atom is -0.468 e. The van der Waals surface area contributed by atoms with Crippen LogP contribution in [0.15, 0.2) is 73.1 Å². The van der Waals surface area contributed by atoms with Gasteiger partial charge in [-0.05, 0) is 63.7 Å². The second-order valence-electron chi connectivity index (χ2n) is 12.4. The van der Waals surface area contributed by atoms with E-state index in [1.54, 1.807) is 24.0 Å². The highest BCUT2D eigenvalue weighted by Gasteiger charge is 2.21. The first-order valence-electron chi connectivity index (χ1n) is 16.6. The van der Waals surface area contributed by atoms with E-state index in [0.29, 0.717) is 6.04 Å². The molecule has 3 N–H and O–H groups in total. The van der Waals surface area contributed by atoms with Gasteiger partial charge in [0, 0.05) is 50.7 Å². The Morgan fingerprint density at radius 3 is 1.65 bits per heavy atom. The van der Waals surface area contributed by atoms with Crippen molar-refractivity contribution in [3.63, 3.8) is 0 Å². The number of carbonyl (C=O) groups excluding carboxylic acids is 2. The molecule has 0 unspecified atom stereocenters. The molecule has 4 heterocycles. The zero-order chi connectivity index (χ0) is 34.1. The van der Waals surface area contributed by atoms with E-state index in [2.05, 4.69) is 95.1 Å². The number of rotatable bonds is 9. The molecule has 2 aromatic carbocycles. The van der Waals surface area contributed by atoms with E-state index in [0.717, 1.165) is 76.3 Å². The maximum atomic E-state index is 12.0. The summed E-state index contributed by atoms with van der Waals surface area (Å²) in [4.78, 5) is 27.7. The highest BCUT2D eigenvalue weighted by Crippen LogP contribution is 2.14. The van der Waals surface area contributed by atoms with E-state index in [-0.39, 0.29) is 31.0 Å². The normalized spacial score (nSPS) is 15.8.